The second-order valence-electron chi connectivity index (χ2n) is 7.01. The van der Waals surface area contributed by atoms with Gasteiger partial charge in [-0.15, -0.1) is 0 Å². The van der Waals surface area contributed by atoms with E-state index in [0.717, 1.165) is 16.4 Å². The summed E-state index contributed by atoms with van der Waals surface area (Å²) < 4.78 is 66.3. The van der Waals surface area contributed by atoms with E-state index in [4.69, 9.17) is 5.26 Å². The molecule has 1 saturated heterocycles. The highest BCUT2D eigenvalue weighted by molar-refractivity contribution is 7.93. The summed E-state index contributed by atoms with van der Waals surface area (Å²) in [5, 5.41) is 18.3. The Labute approximate surface area is 142 Å². The maximum absolute atomic E-state index is 13.2. The van der Waals surface area contributed by atoms with Crippen molar-refractivity contribution in [2.24, 2.45) is 17.8 Å². The smallest absolute Gasteiger partial charge is 0.393 e. The highest BCUT2D eigenvalue weighted by Crippen LogP contribution is 2.56. The molecule has 25 heavy (non-hydrogen) atoms. The molecule has 0 unspecified atom stereocenters. The fourth-order valence-corrected chi connectivity index (χ4v) is 7.35. The van der Waals surface area contributed by atoms with Crippen molar-refractivity contribution in [1.29, 1.82) is 5.26 Å². The number of hydrogen-bond donors (Lipinski definition) is 1. The molecule has 2 bridgehead atoms. The standard InChI is InChI=1S/C16H15F3N2O3S/c17-16(18,19)13-5-10(2-1-8(13)6-20)21-7-12-11-3-9(4-14(11)22)15(12)25(21,23)24/h1-2,5,9,11-12,14-15,22H,3-4,7H2/t9-,11-,12-,14-,15+/m0/s1. The molecular formula is C16H15F3N2O3S. The second-order valence-corrected chi connectivity index (χ2v) is 9.02. The highest BCUT2D eigenvalue weighted by atomic mass is 32.2. The molecule has 134 valence electrons. The summed E-state index contributed by atoms with van der Waals surface area (Å²) in [7, 11) is -3.78. The summed E-state index contributed by atoms with van der Waals surface area (Å²) in [6.07, 6.45) is -4.19. The first-order chi connectivity index (χ1) is 11.6. The zero-order chi connectivity index (χ0) is 18.1. The van der Waals surface area contributed by atoms with Crippen LogP contribution < -0.4 is 4.31 Å². The molecule has 0 spiro atoms. The number of sulfonamides is 1. The number of anilines is 1. The summed E-state index contributed by atoms with van der Waals surface area (Å²) in [5.74, 6) is -0.514. The van der Waals surface area contributed by atoms with Gasteiger partial charge in [-0.25, -0.2) is 8.42 Å². The van der Waals surface area contributed by atoms with E-state index in [1.165, 1.54) is 12.1 Å². The molecule has 2 aliphatic carbocycles. The molecule has 1 aliphatic heterocycles. The van der Waals surface area contributed by atoms with Gasteiger partial charge in [0.25, 0.3) is 0 Å². The van der Waals surface area contributed by atoms with Gasteiger partial charge in [-0.05, 0) is 42.9 Å². The number of hydrogen-bond acceptors (Lipinski definition) is 4. The molecule has 3 fully saturated rings. The van der Waals surface area contributed by atoms with Gasteiger partial charge in [0.15, 0.2) is 0 Å². The van der Waals surface area contributed by atoms with Crippen LogP contribution in [-0.4, -0.2) is 31.4 Å². The SMILES string of the molecule is N#Cc1ccc(N2C[C@H]3[C@@H]4C[C@@H](C[C@@H]4O)[C@H]3S2(=O)=O)cc1C(F)(F)F. The summed E-state index contributed by atoms with van der Waals surface area (Å²) in [4.78, 5) is 0. The number of nitriles is 1. The maximum atomic E-state index is 13.2. The first-order valence-corrected chi connectivity index (χ1v) is 9.46. The quantitative estimate of drug-likeness (QED) is 0.819. The molecule has 1 N–H and O–H groups in total. The molecule has 0 amide bonds. The van der Waals surface area contributed by atoms with Crippen LogP contribution in [0, 0.1) is 29.1 Å². The number of aliphatic hydroxyl groups excluding tert-OH is 1. The monoisotopic (exact) mass is 372 g/mol. The van der Waals surface area contributed by atoms with Crippen molar-refractivity contribution in [1.82, 2.24) is 0 Å². The number of fused-ring (bicyclic) bond motifs is 5. The molecule has 5 nitrogen and oxygen atoms in total. The molecule has 5 atom stereocenters. The van der Waals surface area contributed by atoms with Gasteiger partial charge in [-0.2, -0.15) is 18.4 Å². The first kappa shape index (κ1) is 16.7. The van der Waals surface area contributed by atoms with Gasteiger partial charge in [0.05, 0.1) is 34.2 Å². The Morgan fingerprint density at radius 2 is 1.96 bits per heavy atom. The second kappa shape index (κ2) is 5.11. The van der Waals surface area contributed by atoms with Crippen LogP contribution in [0.4, 0.5) is 18.9 Å². The number of aliphatic hydroxyl groups is 1. The molecular weight excluding hydrogens is 357 g/mol. The average molecular weight is 372 g/mol. The third-order valence-electron chi connectivity index (χ3n) is 5.79. The minimum Gasteiger partial charge on any atom is -0.393 e. The van der Waals surface area contributed by atoms with Crippen molar-refractivity contribution in [3.63, 3.8) is 0 Å². The maximum Gasteiger partial charge on any atom is 0.417 e. The van der Waals surface area contributed by atoms with Crippen molar-refractivity contribution in [3.8, 4) is 6.07 Å². The Morgan fingerprint density at radius 1 is 1.24 bits per heavy atom. The minimum atomic E-state index is -4.74. The molecule has 3 aliphatic rings. The molecule has 0 aromatic heterocycles. The number of benzene rings is 1. The summed E-state index contributed by atoms with van der Waals surface area (Å²) in [5.41, 5.74) is -1.75. The van der Waals surface area contributed by atoms with E-state index in [1.807, 2.05) is 0 Å². The van der Waals surface area contributed by atoms with Crippen LogP contribution in [-0.2, 0) is 16.2 Å². The van der Waals surface area contributed by atoms with Crippen LogP contribution in [0.2, 0.25) is 0 Å². The molecule has 0 radical (unpaired) electrons. The van der Waals surface area contributed by atoms with Gasteiger partial charge in [0.1, 0.15) is 0 Å². The predicted molar refractivity (Wildman–Crippen MR) is 81.9 cm³/mol. The van der Waals surface area contributed by atoms with Gasteiger partial charge in [0, 0.05) is 12.5 Å². The average Bonchev–Trinajstić information content (AvgIpc) is 3.15. The lowest BCUT2D eigenvalue weighted by Gasteiger charge is -2.25. The molecule has 9 heteroatoms. The number of alkyl halides is 3. The normalized spacial score (nSPS) is 35.6. The number of rotatable bonds is 1. The third kappa shape index (κ3) is 2.27. The van der Waals surface area contributed by atoms with E-state index < -0.39 is 38.7 Å². The van der Waals surface area contributed by atoms with Crippen LogP contribution in [0.5, 0.6) is 0 Å². The fourth-order valence-electron chi connectivity index (χ4n) is 4.83. The summed E-state index contributed by atoms with van der Waals surface area (Å²) in [6.45, 7) is 0.0778. The molecule has 1 aromatic carbocycles. The largest absolute Gasteiger partial charge is 0.417 e. The van der Waals surface area contributed by atoms with Gasteiger partial charge < -0.3 is 5.11 Å². The Hall–Kier alpha value is -1.79. The molecule has 1 heterocycles. The lowest BCUT2D eigenvalue weighted by atomic mass is 9.86. The highest BCUT2D eigenvalue weighted by Gasteiger charge is 2.62. The number of nitrogens with zero attached hydrogens (tertiary/aromatic N) is 2. The lowest BCUT2D eigenvalue weighted by Crippen LogP contribution is -2.36. The van der Waals surface area contributed by atoms with Crippen LogP contribution in [0.25, 0.3) is 0 Å². The van der Waals surface area contributed by atoms with Gasteiger partial charge in [-0.1, -0.05) is 0 Å². The molecule has 1 aromatic rings. The Kier molecular flexibility index (Phi) is 3.41. The van der Waals surface area contributed by atoms with Crippen LogP contribution in [0.15, 0.2) is 18.2 Å². The lowest BCUT2D eigenvalue weighted by molar-refractivity contribution is -0.137. The van der Waals surface area contributed by atoms with E-state index in [0.29, 0.717) is 12.8 Å². The summed E-state index contributed by atoms with van der Waals surface area (Å²) >= 11 is 0. The molecule has 2 saturated carbocycles. The topological polar surface area (TPSA) is 81.4 Å². The molecule has 4 rings (SSSR count). The van der Waals surface area contributed by atoms with Crippen molar-refractivity contribution < 1.29 is 26.7 Å². The third-order valence-corrected chi connectivity index (χ3v) is 8.19. The van der Waals surface area contributed by atoms with Crippen LogP contribution in [0.1, 0.15) is 24.0 Å². The van der Waals surface area contributed by atoms with Crippen molar-refractivity contribution >= 4 is 15.7 Å². The Bertz CT molecular complexity index is 878. The van der Waals surface area contributed by atoms with E-state index in [2.05, 4.69) is 0 Å². The van der Waals surface area contributed by atoms with Gasteiger partial charge in [-0.3, -0.25) is 4.31 Å². The zero-order valence-corrected chi connectivity index (χ0v) is 13.8. The van der Waals surface area contributed by atoms with Gasteiger partial charge in [0.2, 0.25) is 10.0 Å². The number of halogens is 3. The van der Waals surface area contributed by atoms with Crippen LogP contribution >= 0.6 is 0 Å². The van der Waals surface area contributed by atoms with Crippen molar-refractivity contribution in [3.05, 3.63) is 29.3 Å². The summed E-state index contributed by atoms with van der Waals surface area (Å²) in [6, 6.07) is 4.47. The first-order valence-electron chi connectivity index (χ1n) is 7.95. The van der Waals surface area contributed by atoms with E-state index >= 15 is 0 Å². The Balaban J connectivity index is 1.76. The van der Waals surface area contributed by atoms with Gasteiger partial charge >= 0.3 is 6.18 Å². The van der Waals surface area contributed by atoms with Crippen LogP contribution in [0.3, 0.4) is 0 Å². The van der Waals surface area contributed by atoms with E-state index in [1.54, 1.807) is 0 Å². The van der Waals surface area contributed by atoms with Crippen molar-refractivity contribution in [2.45, 2.75) is 30.4 Å². The Morgan fingerprint density at radius 3 is 2.60 bits per heavy atom. The zero-order valence-electron chi connectivity index (χ0n) is 12.9. The van der Waals surface area contributed by atoms with E-state index in [-0.39, 0.29) is 30.0 Å². The van der Waals surface area contributed by atoms with E-state index in [9.17, 15) is 26.7 Å². The van der Waals surface area contributed by atoms with Crippen molar-refractivity contribution in [2.75, 3.05) is 10.8 Å². The fraction of sp³-hybridized carbons (Fsp3) is 0.562. The predicted octanol–water partition coefficient (Wildman–Crippen LogP) is 2.11. The minimum absolute atomic E-state index is 0.0744.